The standard InChI is InChI=1S/C21H31N5O/c1-24-10-12-25(13-11-24)8-4-14-27-21-6-3-2-5-18(21)15-26-9-7-19-20(16-26)23-17-22-19/h2-3,5-6,17H,4,7-16H2,1H3,(H,22,23). The van der Waals surface area contributed by atoms with Crippen LogP contribution in [0, 0.1) is 0 Å². The first-order chi connectivity index (χ1) is 13.3. The van der Waals surface area contributed by atoms with Gasteiger partial charge in [0.1, 0.15) is 5.75 Å². The van der Waals surface area contributed by atoms with E-state index < -0.39 is 0 Å². The highest BCUT2D eigenvalue weighted by atomic mass is 16.5. The molecular weight excluding hydrogens is 338 g/mol. The number of nitrogens with zero attached hydrogens (tertiary/aromatic N) is 4. The third-order valence-electron chi connectivity index (χ3n) is 5.69. The summed E-state index contributed by atoms with van der Waals surface area (Å²) >= 11 is 0. The van der Waals surface area contributed by atoms with E-state index in [4.69, 9.17) is 4.74 Å². The average molecular weight is 370 g/mol. The molecule has 1 fully saturated rings. The van der Waals surface area contributed by atoms with Crippen LogP contribution in [0.2, 0.25) is 0 Å². The Hall–Kier alpha value is -1.89. The van der Waals surface area contributed by atoms with E-state index in [0.29, 0.717) is 0 Å². The molecular formula is C21H31N5O. The van der Waals surface area contributed by atoms with Gasteiger partial charge >= 0.3 is 0 Å². The average Bonchev–Trinajstić information content (AvgIpc) is 3.16. The molecule has 0 unspecified atom stereocenters. The molecule has 0 atom stereocenters. The van der Waals surface area contributed by atoms with Gasteiger partial charge in [-0.05, 0) is 19.5 Å². The van der Waals surface area contributed by atoms with E-state index in [9.17, 15) is 0 Å². The van der Waals surface area contributed by atoms with E-state index in [1.165, 1.54) is 43.1 Å². The van der Waals surface area contributed by atoms with Gasteiger partial charge in [-0.3, -0.25) is 4.90 Å². The van der Waals surface area contributed by atoms with Gasteiger partial charge in [-0.1, -0.05) is 18.2 Å². The Morgan fingerprint density at radius 3 is 2.81 bits per heavy atom. The molecule has 0 aliphatic carbocycles. The van der Waals surface area contributed by atoms with Crippen LogP contribution >= 0.6 is 0 Å². The number of imidazole rings is 1. The number of rotatable bonds is 7. The number of nitrogens with one attached hydrogen (secondary N) is 1. The summed E-state index contributed by atoms with van der Waals surface area (Å²) in [6, 6.07) is 8.48. The van der Waals surface area contributed by atoms with Crippen LogP contribution in [0.4, 0.5) is 0 Å². The van der Waals surface area contributed by atoms with Gasteiger partial charge in [-0.25, -0.2) is 4.98 Å². The summed E-state index contributed by atoms with van der Waals surface area (Å²) in [7, 11) is 2.20. The van der Waals surface area contributed by atoms with Gasteiger partial charge in [0.15, 0.2) is 0 Å². The van der Waals surface area contributed by atoms with Gasteiger partial charge in [0.05, 0.1) is 24.3 Å². The van der Waals surface area contributed by atoms with Crippen LogP contribution in [0.15, 0.2) is 30.6 Å². The van der Waals surface area contributed by atoms with E-state index in [-0.39, 0.29) is 0 Å². The van der Waals surface area contributed by atoms with E-state index in [2.05, 4.69) is 56.0 Å². The number of H-pyrrole nitrogens is 1. The minimum absolute atomic E-state index is 0.786. The topological polar surface area (TPSA) is 47.6 Å². The second-order valence-electron chi connectivity index (χ2n) is 7.74. The summed E-state index contributed by atoms with van der Waals surface area (Å²) < 4.78 is 6.16. The lowest BCUT2D eigenvalue weighted by atomic mass is 10.1. The molecule has 2 aliphatic heterocycles. The molecule has 0 radical (unpaired) electrons. The van der Waals surface area contributed by atoms with Crippen molar-refractivity contribution in [3.8, 4) is 5.75 Å². The number of hydrogen-bond acceptors (Lipinski definition) is 5. The van der Waals surface area contributed by atoms with Gasteiger partial charge in [-0.2, -0.15) is 0 Å². The second kappa shape index (κ2) is 8.87. The molecule has 0 amide bonds. The number of likely N-dealkylation sites (N-methyl/N-ethyl adjacent to an activating group) is 1. The quantitative estimate of drug-likeness (QED) is 0.757. The summed E-state index contributed by atoms with van der Waals surface area (Å²) in [4.78, 5) is 15.1. The van der Waals surface area contributed by atoms with E-state index in [0.717, 1.165) is 51.4 Å². The highest BCUT2D eigenvalue weighted by molar-refractivity contribution is 5.33. The predicted octanol–water partition coefficient (Wildman–Crippen LogP) is 1.98. The lowest BCUT2D eigenvalue weighted by molar-refractivity contribution is 0.145. The molecule has 0 spiro atoms. The molecule has 0 saturated carbocycles. The molecule has 6 heteroatoms. The van der Waals surface area contributed by atoms with Crippen molar-refractivity contribution in [3.63, 3.8) is 0 Å². The Balaban J connectivity index is 1.26. The van der Waals surface area contributed by atoms with Crippen molar-refractivity contribution in [1.29, 1.82) is 0 Å². The zero-order valence-electron chi connectivity index (χ0n) is 16.4. The number of benzene rings is 1. The molecule has 27 heavy (non-hydrogen) atoms. The molecule has 4 rings (SSSR count). The van der Waals surface area contributed by atoms with Gasteiger partial charge in [0, 0.05) is 64.3 Å². The summed E-state index contributed by atoms with van der Waals surface area (Å²) in [5.41, 5.74) is 3.76. The fraction of sp³-hybridized carbons (Fsp3) is 0.571. The number of ether oxygens (including phenoxy) is 1. The monoisotopic (exact) mass is 369 g/mol. The number of aromatic nitrogens is 2. The maximum absolute atomic E-state index is 6.16. The second-order valence-corrected chi connectivity index (χ2v) is 7.74. The van der Waals surface area contributed by atoms with Crippen molar-refractivity contribution in [3.05, 3.63) is 47.5 Å². The highest BCUT2D eigenvalue weighted by Gasteiger charge is 2.19. The molecule has 1 saturated heterocycles. The van der Waals surface area contributed by atoms with Crippen molar-refractivity contribution >= 4 is 0 Å². The third kappa shape index (κ3) is 4.89. The highest BCUT2D eigenvalue weighted by Crippen LogP contribution is 2.23. The summed E-state index contributed by atoms with van der Waals surface area (Å²) in [5, 5.41) is 0. The molecule has 1 aromatic carbocycles. The van der Waals surface area contributed by atoms with Crippen LogP contribution in [0.25, 0.3) is 0 Å². The Bertz CT molecular complexity index is 723. The van der Waals surface area contributed by atoms with Gasteiger partial charge < -0.3 is 19.5 Å². The van der Waals surface area contributed by atoms with Crippen molar-refractivity contribution in [2.45, 2.75) is 25.9 Å². The maximum atomic E-state index is 6.16. The molecule has 1 aromatic heterocycles. The van der Waals surface area contributed by atoms with Crippen LogP contribution in [-0.2, 0) is 19.5 Å². The number of hydrogen-bond donors (Lipinski definition) is 1. The van der Waals surface area contributed by atoms with Crippen molar-refractivity contribution in [2.24, 2.45) is 0 Å². The molecule has 2 aromatic rings. The van der Waals surface area contributed by atoms with Crippen LogP contribution < -0.4 is 4.74 Å². The predicted molar refractivity (Wildman–Crippen MR) is 107 cm³/mol. The number of aromatic amines is 1. The van der Waals surface area contributed by atoms with Crippen LogP contribution in [0.1, 0.15) is 23.4 Å². The molecule has 2 aliphatic rings. The minimum atomic E-state index is 0.786. The largest absolute Gasteiger partial charge is 0.493 e. The molecule has 6 nitrogen and oxygen atoms in total. The Morgan fingerprint density at radius 2 is 1.93 bits per heavy atom. The normalized spacial score (nSPS) is 19.1. The number of para-hydroxylation sites is 1. The maximum Gasteiger partial charge on any atom is 0.123 e. The van der Waals surface area contributed by atoms with Crippen LogP contribution in [-0.4, -0.2) is 77.6 Å². The first-order valence-electron chi connectivity index (χ1n) is 10.1. The van der Waals surface area contributed by atoms with Gasteiger partial charge in [0.25, 0.3) is 0 Å². The SMILES string of the molecule is CN1CCN(CCCOc2ccccc2CN2CCc3nc[nH]c3C2)CC1. The van der Waals surface area contributed by atoms with Gasteiger partial charge in [0.2, 0.25) is 0 Å². The zero-order chi connectivity index (χ0) is 18.5. The minimum Gasteiger partial charge on any atom is -0.493 e. The molecule has 146 valence electrons. The Morgan fingerprint density at radius 1 is 1.07 bits per heavy atom. The zero-order valence-corrected chi connectivity index (χ0v) is 16.4. The van der Waals surface area contributed by atoms with E-state index in [1.807, 2.05) is 6.33 Å². The van der Waals surface area contributed by atoms with Gasteiger partial charge in [-0.15, -0.1) is 0 Å². The number of piperazine rings is 1. The van der Waals surface area contributed by atoms with Crippen molar-refractivity contribution in [1.82, 2.24) is 24.7 Å². The first kappa shape index (κ1) is 18.5. The lowest BCUT2D eigenvalue weighted by Crippen LogP contribution is -2.44. The van der Waals surface area contributed by atoms with Crippen LogP contribution in [0.5, 0.6) is 5.75 Å². The smallest absolute Gasteiger partial charge is 0.123 e. The van der Waals surface area contributed by atoms with Crippen molar-refractivity contribution in [2.75, 3.05) is 52.9 Å². The fourth-order valence-corrected chi connectivity index (χ4v) is 3.96. The fourth-order valence-electron chi connectivity index (χ4n) is 3.96. The first-order valence-corrected chi connectivity index (χ1v) is 10.1. The molecule has 3 heterocycles. The third-order valence-corrected chi connectivity index (χ3v) is 5.69. The van der Waals surface area contributed by atoms with E-state index in [1.54, 1.807) is 0 Å². The molecule has 1 N–H and O–H groups in total. The lowest BCUT2D eigenvalue weighted by Gasteiger charge is -2.32. The number of fused-ring (bicyclic) bond motifs is 1. The molecule has 0 bridgehead atoms. The van der Waals surface area contributed by atoms with E-state index >= 15 is 0 Å². The summed E-state index contributed by atoms with van der Waals surface area (Å²) in [6.45, 7) is 9.54. The summed E-state index contributed by atoms with van der Waals surface area (Å²) in [6.07, 6.45) is 3.91. The van der Waals surface area contributed by atoms with Crippen molar-refractivity contribution < 1.29 is 4.74 Å². The summed E-state index contributed by atoms with van der Waals surface area (Å²) in [5.74, 6) is 1.03. The Labute approximate surface area is 162 Å². The van der Waals surface area contributed by atoms with Crippen LogP contribution in [0.3, 0.4) is 0 Å². The Kier molecular flexibility index (Phi) is 6.07.